The van der Waals surface area contributed by atoms with Gasteiger partial charge in [-0.05, 0) is 24.6 Å². The molecule has 0 aromatic carbocycles. The third-order valence-electron chi connectivity index (χ3n) is 1.68. The van der Waals surface area contributed by atoms with Gasteiger partial charge in [0, 0.05) is 12.7 Å². The topological polar surface area (TPSA) is 48.1 Å². The number of rotatable bonds is 4. The van der Waals surface area contributed by atoms with Crippen LogP contribution < -0.4 is 10.5 Å². The average Bonchev–Trinajstić information content (AvgIpc) is 2.16. The predicted octanol–water partition coefficient (Wildman–Crippen LogP) is 1.28. The Morgan fingerprint density at radius 2 is 2.46 bits per heavy atom. The van der Waals surface area contributed by atoms with Gasteiger partial charge in [0.15, 0.2) is 0 Å². The zero-order valence-electron chi connectivity index (χ0n) is 7.79. The van der Waals surface area contributed by atoms with Gasteiger partial charge >= 0.3 is 0 Å². The van der Waals surface area contributed by atoms with Crippen molar-refractivity contribution in [1.29, 1.82) is 0 Å². The van der Waals surface area contributed by atoms with Crippen LogP contribution in [-0.4, -0.2) is 18.1 Å². The van der Waals surface area contributed by atoms with Crippen LogP contribution in [0.5, 0.6) is 5.75 Å². The molecule has 0 aliphatic heterocycles. The van der Waals surface area contributed by atoms with Gasteiger partial charge in [0.2, 0.25) is 0 Å². The highest BCUT2D eigenvalue weighted by molar-refractivity contribution is 5.25. The van der Waals surface area contributed by atoms with Crippen molar-refractivity contribution in [1.82, 2.24) is 4.98 Å². The van der Waals surface area contributed by atoms with Crippen LogP contribution in [0.25, 0.3) is 0 Å². The van der Waals surface area contributed by atoms with E-state index in [2.05, 4.69) is 11.6 Å². The molecule has 0 saturated heterocycles. The van der Waals surface area contributed by atoms with E-state index in [4.69, 9.17) is 10.5 Å². The first-order valence-electron chi connectivity index (χ1n) is 4.15. The van der Waals surface area contributed by atoms with Crippen molar-refractivity contribution < 1.29 is 4.74 Å². The molecule has 0 spiro atoms. The van der Waals surface area contributed by atoms with Crippen molar-refractivity contribution in [3.8, 4) is 5.75 Å². The average molecular weight is 178 g/mol. The molecule has 0 fully saturated rings. The minimum atomic E-state index is 0.458. The van der Waals surface area contributed by atoms with E-state index in [9.17, 15) is 0 Å². The number of hydrogen-bond donors (Lipinski definition) is 1. The van der Waals surface area contributed by atoms with Crippen LogP contribution >= 0.6 is 0 Å². The van der Waals surface area contributed by atoms with E-state index >= 15 is 0 Å². The molecular formula is C10H14N2O. The van der Waals surface area contributed by atoms with Crippen molar-refractivity contribution in [2.24, 2.45) is 5.73 Å². The molecule has 0 bridgehead atoms. The first kappa shape index (κ1) is 9.74. The van der Waals surface area contributed by atoms with Crippen LogP contribution in [0.1, 0.15) is 5.69 Å². The smallest absolute Gasteiger partial charge is 0.140 e. The molecule has 1 heterocycles. The fourth-order valence-corrected chi connectivity index (χ4v) is 0.861. The van der Waals surface area contributed by atoms with Gasteiger partial charge in [-0.15, -0.1) is 0 Å². The summed E-state index contributed by atoms with van der Waals surface area (Å²) in [7, 11) is 0. The highest BCUT2D eigenvalue weighted by Gasteiger charge is 1.98. The van der Waals surface area contributed by atoms with Crippen LogP contribution in [0.2, 0.25) is 0 Å². The molecule has 0 aliphatic rings. The number of ether oxygens (including phenoxy) is 1. The lowest BCUT2D eigenvalue weighted by molar-refractivity contribution is 0.346. The molecule has 13 heavy (non-hydrogen) atoms. The van der Waals surface area contributed by atoms with E-state index in [0.717, 1.165) is 17.0 Å². The van der Waals surface area contributed by atoms with Crippen LogP contribution in [0.15, 0.2) is 30.5 Å². The number of aromatic nitrogens is 1. The van der Waals surface area contributed by atoms with Gasteiger partial charge in [0.05, 0.1) is 5.69 Å². The van der Waals surface area contributed by atoms with Gasteiger partial charge in [0.1, 0.15) is 12.4 Å². The van der Waals surface area contributed by atoms with Crippen molar-refractivity contribution in [3.05, 3.63) is 36.2 Å². The van der Waals surface area contributed by atoms with Crippen molar-refractivity contribution in [2.45, 2.75) is 6.92 Å². The fourth-order valence-electron chi connectivity index (χ4n) is 0.861. The van der Waals surface area contributed by atoms with Crippen molar-refractivity contribution >= 4 is 0 Å². The van der Waals surface area contributed by atoms with Crippen LogP contribution in [-0.2, 0) is 0 Å². The number of hydrogen-bond acceptors (Lipinski definition) is 3. The second-order valence-electron chi connectivity index (χ2n) is 2.83. The molecule has 1 aromatic rings. The van der Waals surface area contributed by atoms with Gasteiger partial charge in [-0.2, -0.15) is 0 Å². The second-order valence-corrected chi connectivity index (χ2v) is 2.83. The van der Waals surface area contributed by atoms with Gasteiger partial charge in [-0.3, -0.25) is 4.98 Å². The Balaban J connectivity index is 2.54. The summed E-state index contributed by atoms with van der Waals surface area (Å²) in [6.45, 7) is 6.57. The molecule has 2 N–H and O–H groups in total. The third-order valence-corrected chi connectivity index (χ3v) is 1.68. The van der Waals surface area contributed by atoms with Gasteiger partial charge in [0.25, 0.3) is 0 Å². The minimum Gasteiger partial charge on any atom is -0.487 e. The summed E-state index contributed by atoms with van der Waals surface area (Å²) in [5.41, 5.74) is 7.14. The standard InChI is InChI=1S/C10H14N2O/c1-8(6-11)7-13-10-4-3-5-12-9(10)2/h3-5H,1,6-7,11H2,2H3. The molecule has 0 aliphatic carbocycles. The third kappa shape index (κ3) is 2.87. The first-order chi connectivity index (χ1) is 6.24. The maximum Gasteiger partial charge on any atom is 0.140 e. The Morgan fingerprint density at radius 3 is 3.08 bits per heavy atom. The van der Waals surface area contributed by atoms with Crippen LogP contribution in [0, 0.1) is 6.92 Å². The predicted molar refractivity (Wildman–Crippen MR) is 52.7 cm³/mol. The SMILES string of the molecule is C=C(CN)COc1cccnc1C. The first-order valence-corrected chi connectivity index (χ1v) is 4.15. The van der Waals surface area contributed by atoms with Gasteiger partial charge in [-0.1, -0.05) is 6.58 Å². The molecule has 0 saturated carbocycles. The zero-order valence-corrected chi connectivity index (χ0v) is 7.79. The van der Waals surface area contributed by atoms with Crippen LogP contribution in [0.4, 0.5) is 0 Å². The summed E-state index contributed by atoms with van der Waals surface area (Å²) in [5.74, 6) is 0.789. The van der Waals surface area contributed by atoms with E-state index in [1.807, 2.05) is 19.1 Å². The molecule has 1 rings (SSSR count). The van der Waals surface area contributed by atoms with E-state index in [0.29, 0.717) is 13.2 Å². The summed E-state index contributed by atoms with van der Waals surface area (Å²) < 4.78 is 5.45. The second kappa shape index (κ2) is 4.62. The summed E-state index contributed by atoms with van der Waals surface area (Å²) >= 11 is 0. The van der Waals surface area contributed by atoms with Crippen LogP contribution in [0.3, 0.4) is 0 Å². The number of nitrogens with zero attached hydrogens (tertiary/aromatic N) is 1. The molecule has 0 atom stereocenters. The van der Waals surface area contributed by atoms with Gasteiger partial charge < -0.3 is 10.5 Å². The Morgan fingerprint density at radius 1 is 1.69 bits per heavy atom. The molecule has 0 amide bonds. The zero-order chi connectivity index (χ0) is 9.68. The lowest BCUT2D eigenvalue weighted by Gasteiger charge is -2.08. The largest absolute Gasteiger partial charge is 0.487 e. The Hall–Kier alpha value is -1.35. The highest BCUT2D eigenvalue weighted by Crippen LogP contribution is 2.13. The van der Waals surface area contributed by atoms with E-state index in [-0.39, 0.29) is 0 Å². The quantitative estimate of drug-likeness (QED) is 0.706. The molecule has 70 valence electrons. The minimum absolute atomic E-state index is 0.458. The maximum absolute atomic E-state index is 5.45. The molecule has 3 nitrogen and oxygen atoms in total. The molecular weight excluding hydrogens is 164 g/mol. The number of pyridine rings is 1. The summed E-state index contributed by atoms with van der Waals surface area (Å²) in [6, 6.07) is 3.72. The lowest BCUT2D eigenvalue weighted by atomic mass is 10.3. The van der Waals surface area contributed by atoms with E-state index in [1.54, 1.807) is 6.20 Å². The Bertz CT molecular complexity index is 297. The van der Waals surface area contributed by atoms with Crippen molar-refractivity contribution in [3.63, 3.8) is 0 Å². The Kier molecular flexibility index (Phi) is 3.46. The van der Waals surface area contributed by atoms with E-state index < -0.39 is 0 Å². The number of nitrogens with two attached hydrogens (primary N) is 1. The highest BCUT2D eigenvalue weighted by atomic mass is 16.5. The molecule has 3 heteroatoms. The molecule has 1 aromatic heterocycles. The monoisotopic (exact) mass is 178 g/mol. The summed E-state index contributed by atoms with van der Waals surface area (Å²) in [5, 5.41) is 0. The summed E-state index contributed by atoms with van der Waals surface area (Å²) in [4.78, 5) is 4.10. The maximum atomic E-state index is 5.45. The lowest BCUT2D eigenvalue weighted by Crippen LogP contribution is -2.10. The fraction of sp³-hybridized carbons (Fsp3) is 0.300. The number of aryl methyl sites for hydroxylation is 1. The summed E-state index contributed by atoms with van der Waals surface area (Å²) in [6.07, 6.45) is 1.74. The molecule has 0 unspecified atom stereocenters. The normalized spacial score (nSPS) is 9.69. The molecule has 0 radical (unpaired) electrons. The Labute approximate surface area is 78.2 Å². The van der Waals surface area contributed by atoms with E-state index in [1.165, 1.54) is 0 Å². The van der Waals surface area contributed by atoms with Crippen molar-refractivity contribution in [2.75, 3.05) is 13.2 Å². The van der Waals surface area contributed by atoms with Gasteiger partial charge in [-0.25, -0.2) is 0 Å².